The van der Waals surface area contributed by atoms with Gasteiger partial charge in [-0.05, 0) is 31.0 Å². The molecule has 0 bridgehead atoms. The van der Waals surface area contributed by atoms with E-state index in [1.54, 1.807) is 6.20 Å². The van der Waals surface area contributed by atoms with Crippen molar-refractivity contribution >= 4 is 5.96 Å². The van der Waals surface area contributed by atoms with Gasteiger partial charge in [-0.2, -0.15) is 5.10 Å². The monoisotopic (exact) mass is 366 g/mol. The van der Waals surface area contributed by atoms with Gasteiger partial charge in [0.1, 0.15) is 5.82 Å². The number of nitrogens with one attached hydrogen (secondary N) is 2. The van der Waals surface area contributed by atoms with Crippen LogP contribution in [0.4, 0.5) is 0 Å². The van der Waals surface area contributed by atoms with Crippen molar-refractivity contribution in [2.24, 2.45) is 12.0 Å². The Morgan fingerprint density at radius 3 is 2.59 bits per heavy atom. The van der Waals surface area contributed by atoms with Gasteiger partial charge in [0.2, 0.25) is 0 Å². The lowest BCUT2D eigenvalue weighted by atomic mass is 10.1. The van der Waals surface area contributed by atoms with Crippen molar-refractivity contribution in [2.45, 2.75) is 33.5 Å². The van der Waals surface area contributed by atoms with Crippen molar-refractivity contribution in [3.63, 3.8) is 0 Å². The molecule has 8 heteroatoms. The molecule has 0 spiro atoms. The van der Waals surface area contributed by atoms with Crippen LogP contribution in [0.5, 0.6) is 0 Å². The third-order valence-corrected chi connectivity index (χ3v) is 4.36. The van der Waals surface area contributed by atoms with Crippen LogP contribution in [-0.2, 0) is 26.7 Å². The summed E-state index contributed by atoms with van der Waals surface area (Å²) < 4.78 is 3.89. The highest BCUT2D eigenvalue weighted by molar-refractivity contribution is 5.79. The number of guanidine groups is 1. The number of aryl methyl sites for hydroxylation is 1. The van der Waals surface area contributed by atoms with Crippen molar-refractivity contribution in [3.8, 4) is 0 Å². The molecule has 8 nitrogen and oxygen atoms in total. The van der Waals surface area contributed by atoms with Gasteiger partial charge in [-0.25, -0.2) is 4.99 Å². The number of rotatable bonds is 7. The molecule has 1 aromatic carbocycles. The quantitative estimate of drug-likeness (QED) is 0.490. The Kier molecular flexibility index (Phi) is 6.19. The van der Waals surface area contributed by atoms with Gasteiger partial charge in [0, 0.05) is 26.0 Å². The first kappa shape index (κ1) is 18.6. The highest BCUT2D eigenvalue weighted by Crippen LogP contribution is 2.11. The summed E-state index contributed by atoms with van der Waals surface area (Å²) in [6.07, 6.45) is 3.76. The second kappa shape index (κ2) is 8.98. The third kappa shape index (κ3) is 4.93. The van der Waals surface area contributed by atoms with E-state index in [-0.39, 0.29) is 0 Å². The van der Waals surface area contributed by atoms with E-state index in [0.717, 1.165) is 30.7 Å². The van der Waals surface area contributed by atoms with E-state index in [0.29, 0.717) is 13.1 Å². The maximum atomic E-state index is 4.73. The summed E-state index contributed by atoms with van der Waals surface area (Å²) in [5.74, 6) is 2.52. The summed E-state index contributed by atoms with van der Waals surface area (Å²) in [6.45, 7) is 6.67. The predicted octanol–water partition coefficient (Wildman–Crippen LogP) is 1.62. The van der Waals surface area contributed by atoms with Crippen LogP contribution in [0, 0.1) is 6.92 Å². The number of nitrogens with zero attached hydrogens (tertiary/aromatic N) is 6. The largest absolute Gasteiger partial charge is 0.357 e. The Balaban J connectivity index is 1.68. The molecule has 0 aliphatic rings. The highest BCUT2D eigenvalue weighted by Gasteiger charge is 2.07. The second-order valence-electron chi connectivity index (χ2n) is 6.24. The number of benzene rings is 1. The summed E-state index contributed by atoms with van der Waals surface area (Å²) in [5, 5.41) is 19.2. The molecule has 0 aliphatic carbocycles. The van der Waals surface area contributed by atoms with E-state index >= 15 is 0 Å². The van der Waals surface area contributed by atoms with E-state index in [2.05, 4.69) is 45.0 Å². The van der Waals surface area contributed by atoms with Gasteiger partial charge in [-0.15, -0.1) is 10.2 Å². The Bertz CT molecular complexity index is 879. The maximum absolute atomic E-state index is 4.73. The fraction of sp³-hybridized carbons (Fsp3) is 0.368. The normalized spacial score (nSPS) is 11.6. The average Bonchev–Trinajstić information content (AvgIpc) is 3.30. The Hall–Kier alpha value is -3.16. The minimum Gasteiger partial charge on any atom is -0.357 e. The third-order valence-electron chi connectivity index (χ3n) is 4.36. The SMILES string of the molecule is CCNC(=NCc1ccccc1Cn1cccn1)NCc1nnc(C)n1C. The molecule has 0 radical (unpaired) electrons. The van der Waals surface area contributed by atoms with Crippen LogP contribution in [0.15, 0.2) is 47.7 Å². The minimum absolute atomic E-state index is 0.568. The minimum atomic E-state index is 0.568. The number of hydrogen-bond acceptors (Lipinski definition) is 4. The first-order valence-electron chi connectivity index (χ1n) is 9.08. The summed E-state index contributed by atoms with van der Waals surface area (Å²) in [6, 6.07) is 10.3. The molecule has 0 fully saturated rings. The molecule has 0 amide bonds. The molecule has 2 heterocycles. The smallest absolute Gasteiger partial charge is 0.191 e. The molecule has 0 saturated heterocycles. The Labute approximate surface area is 159 Å². The van der Waals surface area contributed by atoms with Crippen molar-refractivity contribution in [3.05, 3.63) is 65.5 Å². The molecule has 0 atom stereocenters. The van der Waals surface area contributed by atoms with Crippen molar-refractivity contribution in [1.29, 1.82) is 0 Å². The van der Waals surface area contributed by atoms with Crippen LogP contribution in [0.2, 0.25) is 0 Å². The summed E-state index contributed by atoms with van der Waals surface area (Å²) >= 11 is 0. The number of aromatic nitrogens is 5. The van der Waals surface area contributed by atoms with Gasteiger partial charge in [0.15, 0.2) is 11.8 Å². The van der Waals surface area contributed by atoms with E-state index < -0.39 is 0 Å². The van der Waals surface area contributed by atoms with Crippen LogP contribution < -0.4 is 10.6 Å². The van der Waals surface area contributed by atoms with Gasteiger partial charge in [-0.3, -0.25) is 4.68 Å². The van der Waals surface area contributed by atoms with E-state index in [9.17, 15) is 0 Å². The van der Waals surface area contributed by atoms with E-state index in [1.165, 1.54) is 11.1 Å². The number of aliphatic imine (C=N–C) groups is 1. The molecule has 0 aliphatic heterocycles. The highest BCUT2D eigenvalue weighted by atomic mass is 15.3. The lowest BCUT2D eigenvalue weighted by molar-refractivity contribution is 0.680. The fourth-order valence-electron chi connectivity index (χ4n) is 2.71. The zero-order chi connectivity index (χ0) is 19.1. The fourth-order valence-corrected chi connectivity index (χ4v) is 2.71. The number of hydrogen-bond donors (Lipinski definition) is 2. The van der Waals surface area contributed by atoms with E-state index in [4.69, 9.17) is 4.99 Å². The van der Waals surface area contributed by atoms with Crippen LogP contribution in [0.3, 0.4) is 0 Å². The maximum Gasteiger partial charge on any atom is 0.191 e. The molecule has 3 aromatic rings. The molecule has 3 rings (SSSR count). The first-order chi connectivity index (χ1) is 13.2. The van der Waals surface area contributed by atoms with Crippen LogP contribution in [0.1, 0.15) is 29.7 Å². The lowest BCUT2D eigenvalue weighted by Crippen LogP contribution is -2.37. The predicted molar refractivity (Wildman–Crippen MR) is 105 cm³/mol. The second-order valence-corrected chi connectivity index (χ2v) is 6.24. The lowest BCUT2D eigenvalue weighted by Gasteiger charge is -2.12. The van der Waals surface area contributed by atoms with Gasteiger partial charge in [0.25, 0.3) is 0 Å². The van der Waals surface area contributed by atoms with Crippen LogP contribution >= 0.6 is 0 Å². The van der Waals surface area contributed by atoms with Crippen molar-refractivity contribution < 1.29 is 0 Å². The van der Waals surface area contributed by atoms with Gasteiger partial charge in [0.05, 0.1) is 19.6 Å². The molecular weight excluding hydrogens is 340 g/mol. The molecular formula is C19H26N8. The topological polar surface area (TPSA) is 84.9 Å². The summed E-state index contributed by atoms with van der Waals surface area (Å²) in [5.41, 5.74) is 2.39. The summed E-state index contributed by atoms with van der Waals surface area (Å²) in [7, 11) is 1.96. The standard InChI is InChI=1S/C19H26N8/c1-4-20-19(22-13-18-25-24-15(2)26(18)3)21-12-16-8-5-6-9-17(16)14-27-11-7-10-23-27/h5-11H,4,12-14H2,1-3H3,(H2,20,21,22). The van der Waals surface area contributed by atoms with E-state index in [1.807, 2.05) is 47.6 Å². The molecule has 0 unspecified atom stereocenters. The molecule has 142 valence electrons. The summed E-state index contributed by atoms with van der Waals surface area (Å²) in [4.78, 5) is 4.73. The molecule has 0 saturated carbocycles. The Morgan fingerprint density at radius 1 is 1.11 bits per heavy atom. The van der Waals surface area contributed by atoms with Gasteiger partial charge in [-0.1, -0.05) is 24.3 Å². The molecule has 27 heavy (non-hydrogen) atoms. The molecule has 2 aromatic heterocycles. The van der Waals surface area contributed by atoms with Crippen LogP contribution in [-0.4, -0.2) is 37.0 Å². The van der Waals surface area contributed by atoms with Crippen molar-refractivity contribution in [1.82, 2.24) is 35.2 Å². The van der Waals surface area contributed by atoms with Gasteiger partial charge >= 0.3 is 0 Å². The zero-order valence-electron chi connectivity index (χ0n) is 16.1. The Morgan fingerprint density at radius 2 is 1.93 bits per heavy atom. The molecule has 2 N–H and O–H groups in total. The average molecular weight is 366 g/mol. The van der Waals surface area contributed by atoms with Crippen molar-refractivity contribution in [2.75, 3.05) is 6.54 Å². The van der Waals surface area contributed by atoms with Gasteiger partial charge < -0.3 is 15.2 Å². The first-order valence-corrected chi connectivity index (χ1v) is 9.08. The zero-order valence-corrected chi connectivity index (χ0v) is 16.1. The van der Waals surface area contributed by atoms with Crippen LogP contribution in [0.25, 0.3) is 0 Å².